The topological polar surface area (TPSA) is 17.1 Å². The number of hydrogen-bond acceptors (Lipinski definition) is 1. The number of ketones is 1. The fourth-order valence-corrected chi connectivity index (χ4v) is 1.90. The zero-order valence-corrected chi connectivity index (χ0v) is 10.4. The second-order valence-electron chi connectivity index (χ2n) is 3.58. The molecular weight excluding hydrogens is 281 g/mol. The summed E-state index contributed by atoms with van der Waals surface area (Å²) >= 11 is 11.4. The Bertz CT molecular complexity index is 626. The van der Waals surface area contributed by atoms with Crippen LogP contribution in [0.3, 0.4) is 0 Å². The van der Waals surface area contributed by atoms with Gasteiger partial charge in [-0.1, -0.05) is 23.2 Å². The molecule has 0 aliphatic heterocycles. The van der Waals surface area contributed by atoms with Gasteiger partial charge in [0.2, 0.25) is 0 Å². The molecule has 0 aliphatic rings. The normalized spacial score (nSPS) is 10.4. The molecule has 0 saturated carbocycles. The Morgan fingerprint density at radius 2 is 1.67 bits per heavy atom. The molecule has 2 aromatic carbocycles. The van der Waals surface area contributed by atoms with Crippen molar-refractivity contribution in [1.29, 1.82) is 0 Å². The monoisotopic (exact) mass is 286 g/mol. The van der Waals surface area contributed by atoms with Gasteiger partial charge in [-0.05, 0) is 36.4 Å². The van der Waals surface area contributed by atoms with Crippen molar-refractivity contribution in [1.82, 2.24) is 0 Å². The molecule has 0 saturated heterocycles. The van der Waals surface area contributed by atoms with Crippen LogP contribution in [-0.4, -0.2) is 5.78 Å². The van der Waals surface area contributed by atoms with E-state index < -0.39 is 17.4 Å². The highest BCUT2D eigenvalue weighted by Crippen LogP contribution is 2.23. The molecule has 0 aromatic heterocycles. The van der Waals surface area contributed by atoms with Gasteiger partial charge in [-0.15, -0.1) is 0 Å². The standard InChI is InChI=1S/C13H6Cl2F2O/c14-10-6-8(16)2-3-9(10)13(18)7-1-4-12(17)11(15)5-7/h1-6H. The van der Waals surface area contributed by atoms with Crippen LogP contribution in [0.2, 0.25) is 10.0 Å². The number of carbonyl (C=O) groups excluding carboxylic acids is 1. The molecule has 0 fully saturated rings. The minimum absolute atomic E-state index is 0.000414. The van der Waals surface area contributed by atoms with E-state index in [0.717, 1.165) is 18.2 Å². The van der Waals surface area contributed by atoms with Gasteiger partial charge in [0.15, 0.2) is 5.78 Å². The third-order valence-corrected chi connectivity index (χ3v) is 2.96. The van der Waals surface area contributed by atoms with Crippen LogP contribution in [0.5, 0.6) is 0 Å². The maximum absolute atomic E-state index is 13.0. The van der Waals surface area contributed by atoms with E-state index in [9.17, 15) is 13.6 Å². The fourth-order valence-electron chi connectivity index (χ4n) is 1.47. The van der Waals surface area contributed by atoms with E-state index >= 15 is 0 Å². The van der Waals surface area contributed by atoms with Crippen LogP contribution < -0.4 is 0 Å². The molecule has 0 atom stereocenters. The molecule has 18 heavy (non-hydrogen) atoms. The Hall–Kier alpha value is -1.45. The molecule has 0 aliphatic carbocycles. The number of rotatable bonds is 2. The first-order valence-corrected chi connectivity index (χ1v) is 5.69. The number of hydrogen-bond donors (Lipinski definition) is 0. The molecule has 5 heteroatoms. The van der Waals surface area contributed by atoms with Gasteiger partial charge >= 0.3 is 0 Å². The fraction of sp³-hybridized carbons (Fsp3) is 0. The van der Waals surface area contributed by atoms with Crippen molar-refractivity contribution in [2.24, 2.45) is 0 Å². The van der Waals surface area contributed by atoms with E-state index in [1.165, 1.54) is 18.2 Å². The van der Waals surface area contributed by atoms with Crippen molar-refractivity contribution >= 4 is 29.0 Å². The Morgan fingerprint density at radius 3 is 2.28 bits per heavy atom. The summed E-state index contributed by atoms with van der Waals surface area (Å²) in [4.78, 5) is 12.1. The molecule has 0 heterocycles. The Kier molecular flexibility index (Phi) is 3.64. The zero-order valence-electron chi connectivity index (χ0n) is 8.88. The summed E-state index contributed by atoms with van der Waals surface area (Å²) < 4.78 is 25.8. The van der Waals surface area contributed by atoms with Crippen LogP contribution >= 0.6 is 23.2 Å². The minimum atomic E-state index is -0.613. The quantitative estimate of drug-likeness (QED) is 0.743. The van der Waals surface area contributed by atoms with Gasteiger partial charge in [-0.25, -0.2) is 8.78 Å². The van der Waals surface area contributed by atoms with Crippen LogP contribution in [0, 0.1) is 11.6 Å². The lowest BCUT2D eigenvalue weighted by atomic mass is 10.0. The van der Waals surface area contributed by atoms with Crippen LogP contribution in [-0.2, 0) is 0 Å². The summed E-state index contributed by atoms with van der Waals surface area (Å²) in [6.07, 6.45) is 0. The predicted octanol–water partition coefficient (Wildman–Crippen LogP) is 4.50. The molecule has 92 valence electrons. The Balaban J connectivity index is 2.44. The van der Waals surface area contributed by atoms with E-state index in [0.29, 0.717) is 0 Å². The van der Waals surface area contributed by atoms with Gasteiger partial charge in [0.1, 0.15) is 11.6 Å². The van der Waals surface area contributed by atoms with Crippen LogP contribution in [0.15, 0.2) is 36.4 Å². The van der Waals surface area contributed by atoms with E-state index in [-0.39, 0.29) is 21.2 Å². The molecule has 0 N–H and O–H groups in total. The molecule has 0 spiro atoms. The smallest absolute Gasteiger partial charge is 0.194 e. The first-order valence-electron chi connectivity index (χ1n) is 4.94. The SMILES string of the molecule is O=C(c1ccc(F)c(Cl)c1)c1ccc(F)cc1Cl. The second kappa shape index (κ2) is 5.04. The molecule has 0 radical (unpaired) electrons. The average Bonchev–Trinajstić information content (AvgIpc) is 2.32. The van der Waals surface area contributed by atoms with Gasteiger partial charge < -0.3 is 0 Å². The molecule has 2 aromatic rings. The van der Waals surface area contributed by atoms with Gasteiger partial charge in [0, 0.05) is 11.1 Å². The lowest BCUT2D eigenvalue weighted by Crippen LogP contribution is -2.02. The Labute approximate surface area is 112 Å². The van der Waals surface area contributed by atoms with Crippen molar-refractivity contribution in [2.45, 2.75) is 0 Å². The van der Waals surface area contributed by atoms with Crippen molar-refractivity contribution in [2.75, 3.05) is 0 Å². The molecule has 2 rings (SSSR count). The lowest BCUT2D eigenvalue weighted by molar-refractivity contribution is 0.103. The summed E-state index contributed by atoms with van der Waals surface area (Å²) in [5.74, 6) is -1.59. The van der Waals surface area contributed by atoms with Crippen LogP contribution in [0.4, 0.5) is 8.78 Å². The molecule has 0 bridgehead atoms. The van der Waals surface area contributed by atoms with Crippen molar-refractivity contribution in [3.05, 3.63) is 69.2 Å². The van der Waals surface area contributed by atoms with Crippen molar-refractivity contribution in [3.8, 4) is 0 Å². The zero-order chi connectivity index (χ0) is 13.3. The first kappa shape index (κ1) is 13.0. The molecule has 0 amide bonds. The largest absolute Gasteiger partial charge is 0.289 e. The maximum atomic E-state index is 13.0. The second-order valence-corrected chi connectivity index (χ2v) is 4.40. The Morgan fingerprint density at radius 1 is 0.944 bits per heavy atom. The summed E-state index contributed by atoms with van der Waals surface area (Å²) in [6.45, 7) is 0. The summed E-state index contributed by atoms with van der Waals surface area (Å²) in [6, 6.07) is 7.04. The summed E-state index contributed by atoms with van der Waals surface area (Å²) in [7, 11) is 0. The first-order chi connectivity index (χ1) is 8.49. The highest BCUT2D eigenvalue weighted by molar-refractivity contribution is 6.35. The third-order valence-electron chi connectivity index (χ3n) is 2.36. The average molecular weight is 287 g/mol. The number of benzene rings is 2. The maximum Gasteiger partial charge on any atom is 0.194 e. The number of halogens is 4. The van der Waals surface area contributed by atoms with E-state index in [4.69, 9.17) is 23.2 Å². The van der Waals surface area contributed by atoms with Gasteiger partial charge in [0.25, 0.3) is 0 Å². The molecule has 1 nitrogen and oxygen atoms in total. The van der Waals surface area contributed by atoms with Gasteiger partial charge in [0.05, 0.1) is 10.0 Å². The minimum Gasteiger partial charge on any atom is -0.289 e. The van der Waals surface area contributed by atoms with E-state index in [2.05, 4.69) is 0 Å². The lowest BCUT2D eigenvalue weighted by Gasteiger charge is -2.04. The molecule has 0 unspecified atom stereocenters. The van der Waals surface area contributed by atoms with Gasteiger partial charge in [-0.3, -0.25) is 4.79 Å². The highest BCUT2D eigenvalue weighted by Gasteiger charge is 2.14. The van der Waals surface area contributed by atoms with E-state index in [1.54, 1.807) is 0 Å². The third kappa shape index (κ3) is 2.52. The van der Waals surface area contributed by atoms with Crippen LogP contribution in [0.1, 0.15) is 15.9 Å². The predicted molar refractivity (Wildman–Crippen MR) is 66.3 cm³/mol. The van der Waals surface area contributed by atoms with Crippen molar-refractivity contribution in [3.63, 3.8) is 0 Å². The van der Waals surface area contributed by atoms with Crippen LogP contribution in [0.25, 0.3) is 0 Å². The van der Waals surface area contributed by atoms with Crippen molar-refractivity contribution < 1.29 is 13.6 Å². The van der Waals surface area contributed by atoms with E-state index in [1.807, 2.05) is 0 Å². The number of carbonyl (C=O) groups is 1. The highest BCUT2D eigenvalue weighted by atomic mass is 35.5. The summed E-state index contributed by atoms with van der Waals surface area (Å²) in [5, 5.41) is -0.153. The van der Waals surface area contributed by atoms with Gasteiger partial charge in [-0.2, -0.15) is 0 Å². The molecular formula is C13H6Cl2F2O. The summed E-state index contributed by atoms with van der Waals surface area (Å²) in [5.41, 5.74) is 0.329.